The Labute approximate surface area is 265 Å². The fraction of sp³-hybridized carbons (Fsp3) is 0.441. The minimum absolute atomic E-state index is 0.0137. The van der Waals surface area contributed by atoms with Crippen LogP contribution < -0.4 is 14.8 Å². The van der Waals surface area contributed by atoms with E-state index in [0.29, 0.717) is 5.92 Å². The smallest absolute Gasteiger partial charge is 0.416 e. The van der Waals surface area contributed by atoms with Crippen LogP contribution >= 0.6 is 11.8 Å². The van der Waals surface area contributed by atoms with Gasteiger partial charge in [-0.3, -0.25) is 9.59 Å². The van der Waals surface area contributed by atoms with E-state index in [1.807, 2.05) is 42.1 Å². The van der Waals surface area contributed by atoms with Crippen LogP contribution in [-0.4, -0.2) is 40.3 Å². The van der Waals surface area contributed by atoms with Crippen LogP contribution in [0.4, 0.5) is 17.6 Å². The molecule has 1 N–H and O–H groups in total. The first-order valence-electron chi connectivity index (χ1n) is 15.1. The molecular formula is C34H38F4N2O4S. The molecule has 0 atom stereocenters. The number of ether oxygens (including phenoxy) is 2. The lowest BCUT2D eigenvalue weighted by atomic mass is 9.87. The van der Waals surface area contributed by atoms with E-state index in [9.17, 15) is 27.2 Å². The van der Waals surface area contributed by atoms with Crippen molar-refractivity contribution in [2.75, 3.05) is 11.5 Å². The molecule has 6 nitrogen and oxygen atoms in total. The van der Waals surface area contributed by atoms with E-state index in [2.05, 4.69) is 17.2 Å². The first kappa shape index (κ1) is 34.3. The first-order chi connectivity index (χ1) is 21.5. The molecule has 2 fully saturated rings. The Morgan fingerprint density at radius 2 is 1.64 bits per heavy atom. The fourth-order valence-corrected chi connectivity index (χ4v) is 6.20. The van der Waals surface area contributed by atoms with Crippen molar-refractivity contribution in [3.05, 3.63) is 88.9 Å². The highest BCUT2D eigenvalue weighted by Gasteiger charge is 2.32. The summed E-state index contributed by atoms with van der Waals surface area (Å²) in [4.78, 5) is 28.0. The zero-order chi connectivity index (χ0) is 32.4. The molecule has 3 aromatic rings. The first-order valence-corrected chi connectivity index (χ1v) is 16.2. The lowest BCUT2D eigenvalue weighted by Gasteiger charge is -2.27. The molecule has 2 heterocycles. The van der Waals surface area contributed by atoms with Crippen LogP contribution in [0.1, 0.15) is 84.2 Å². The molecule has 0 radical (unpaired) electrons. The van der Waals surface area contributed by atoms with Gasteiger partial charge in [-0.25, -0.2) is 9.37 Å². The minimum atomic E-state index is -4.52. The maximum Gasteiger partial charge on any atom is 0.416 e. The highest BCUT2D eigenvalue weighted by atomic mass is 32.2. The molecule has 0 bridgehead atoms. The molecule has 0 unspecified atom stereocenters. The lowest BCUT2D eigenvalue weighted by molar-refractivity contribution is -0.137. The van der Waals surface area contributed by atoms with Gasteiger partial charge in [0.25, 0.3) is 5.91 Å². The normalized spacial score (nSPS) is 18.7. The quantitative estimate of drug-likeness (QED) is 0.196. The lowest BCUT2D eigenvalue weighted by Crippen LogP contribution is -2.37. The third-order valence-electron chi connectivity index (χ3n) is 7.78. The average molecular weight is 647 g/mol. The number of carbonyl (C=O) groups excluding carboxylic acids is 2. The van der Waals surface area contributed by atoms with Gasteiger partial charge < -0.3 is 14.8 Å². The summed E-state index contributed by atoms with van der Waals surface area (Å²) >= 11 is 1.89. The van der Waals surface area contributed by atoms with Gasteiger partial charge in [-0.05, 0) is 92.7 Å². The topological polar surface area (TPSA) is 77.5 Å². The fourth-order valence-electron chi connectivity index (χ4n) is 5.14. The Balaban J connectivity index is 0.000000231. The molecule has 1 saturated heterocycles. The Morgan fingerprint density at radius 1 is 0.956 bits per heavy atom. The predicted molar refractivity (Wildman–Crippen MR) is 166 cm³/mol. The van der Waals surface area contributed by atoms with Crippen LogP contribution in [0.15, 0.2) is 60.8 Å². The summed E-state index contributed by atoms with van der Waals surface area (Å²) in [6.45, 7) is 3.73. The van der Waals surface area contributed by atoms with Crippen molar-refractivity contribution in [2.24, 2.45) is 5.92 Å². The van der Waals surface area contributed by atoms with Crippen molar-refractivity contribution < 1.29 is 36.6 Å². The van der Waals surface area contributed by atoms with Crippen LogP contribution in [0, 0.1) is 11.7 Å². The van der Waals surface area contributed by atoms with Gasteiger partial charge in [-0.15, -0.1) is 0 Å². The Kier molecular flexibility index (Phi) is 12.3. The second-order valence-corrected chi connectivity index (χ2v) is 12.6. The number of benzene rings is 2. The summed E-state index contributed by atoms with van der Waals surface area (Å²) < 4.78 is 63.8. The molecule has 45 heavy (non-hydrogen) atoms. The number of amides is 1. The van der Waals surface area contributed by atoms with Crippen molar-refractivity contribution >= 4 is 23.5 Å². The largest absolute Gasteiger partial charge is 0.488 e. The molecule has 1 aliphatic heterocycles. The van der Waals surface area contributed by atoms with E-state index in [0.717, 1.165) is 73.9 Å². The summed E-state index contributed by atoms with van der Waals surface area (Å²) in [7, 11) is 0. The highest BCUT2D eigenvalue weighted by Crippen LogP contribution is 2.33. The van der Waals surface area contributed by atoms with Gasteiger partial charge in [-0.1, -0.05) is 37.3 Å². The van der Waals surface area contributed by atoms with Crippen LogP contribution in [0.2, 0.25) is 0 Å². The number of hydrogen-bond donors (Lipinski definition) is 1. The molecule has 11 heteroatoms. The van der Waals surface area contributed by atoms with E-state index in [1.165, 1.54) is 19.1 Å². The molecule has 1 aliphatic carbocycles. The van der Waals surface area contributed by atoms with Crippen LogP contribution in [0.25, 0.3) is 0 Å². The number of alkyl halides is 3. The highest BCUT2D eigenvalue weighted by molar-refractivity contribution is 7.99. The molecular weight excluding hydrogens is 608 g/mol. The summed E-state index contributed by atoms with van der Waals surface area (Å²) in [5, 5.41) is 2.89. The number of nitrogens with one attached hydrogen (secondary N) is 1. The van der Waals surface area contributed by atoms with E-state index in [-0.39, 0.29) is 47.3 Å². The van der Waals surface area contributed by atoms with Crippen molar-refractivity contribution in [3.63, 3.8) is 0 Å². The predicted octanol–water partition coefficient (Wildman–Crippen LogP) is 8.29. The number of ketones is 1. The third-order valence-corrected chi connectivity index (χ3v) is 8.83. The number of hydrogen-bond acceptors (Lipinski definition) is 6. The van der Waals surface area contributed by atoms with Crippen molar-refractivity contribution in [3.8, 4) is 11.6 Å². The van der Waals surface area contributed by atoms with Crippen LogP contribution in [0.5, 0.6) is 11.6 Å². The maximum atomic E-state index is 13.1. The van der Waals surface area contributed by atoms with Crippen molar-refractivity contribution in [1.29, 1.82) is 0 Å². The number of carbonyl (C=O) groups is 2. The number of aromatic nitrogens is 1. The van der Waals surface area contributed by atoms with Gasteiger partial charge in [0.2, 0.25) is 5.88 Å². The Bertz CT molecular complexity index is 1420. The maximum absolute atomic E-state index is 13.1. The van der Waals surface area contributed by atoms with Crippen molar-refractivity contribution in [2.45, 2.75) is 77.3 Å². The molecule has 0 spiro atoms. The van der Waals surface area contributed by atoms with E-state index in [1.54, 1.807) is 0 Å². The van der Waals surface area contributed by atoms with Crippen molar-refractivity contribution in [1.82, 2.24) is 10.3 Å². The molecule has 1 amide bonds. The standard InChI is InChI=1S/C22H24F3NO2.C12H14FNO2S/c1-15-7-10-18(11-8-15)26-21(27)19-13-17(22(23,24)25)9-12-20(19)28-14-16-5-3-2-4-6-16;1-8(15)11-6-9(13)7-14-12(11)16-10-2-4-17-5-3-10/h2-6,9,12-13,15,18H,7-8,10-11,14H2,1H3,(H,26,27);6-7,10H,2-5H2,1H3. The summed E-state index contributed by atoms with van der Waals surface area (Å²) in [6, 6.07) is 13.5. The zero-order valence-corrected chi connectivity index (χ0v) is 26.2. The van der Waals surface area contributed by atoms with Gasteiger partial charge in [0.15, 0.2) is 5.78 Å². The van der Waals surface area contributed by atoms with Gasteiger partial charge in [0.05, 0.1) is 22.9 Å². The molecule has 1 aromatic heterocycles. The molecule has 2 aliphatic rings. The van der Waals surface area contributed by atoms with Gasteiger partial charge in [-0.2, -0.15) is 24.9 Å². The van der Waals surface area contributed by atoms with E-state index >= 15 is 0 Å². The number of rotatable bonds is 8. The number of pyridine rings is 1. The van der Waals surface area contributed by atoms with E-state index < -0.39 is 23.5 Å². The zero-order valence-electron chi connectivity index (χ0n) is 25.4. The average Bonchev–Trinajstić information content (AvgIpc) is 3.02. The monoisotopic (exact) mass is 646 g/mol. The van der Waals surface area contributed by atoms with Crippen LogP contribution in [-0.2, 0) is 12.8 Å². The molecule has 1 saturated carbocycles. The molecule has 242 valence electrons. The number of halogens is 4. The Morgan fingerprint density at radius 3 is 2.29 bits per heavy atom. The number of Topliss-reactive ketones (excluding diaryl/α,β-unsaturated/α-hetero) is 1. The number of thioether (sulfide) groups is 1. The Hall–Kier alpha value is -3.60. The third kappa shape index (κ3) is 10.5. The van der Waals surface area contributed by atoms with Gasteiger partial charge >= 0.3 is 6.18 Å². The second-order valence-electron chi connectivity index (χ2n) is 11.4. The van der Waals surface area contributed by atoms with Crippen LogP contribution in [0.3, 0.4) is 0 Å². The minimum Gasteiger partial charge on any atom is -0.488 e. The number of nitrogens with zero attached hydrogens (tertiary/aromatic N) is 1. The van der Waals surface area contributed by atoms with E-state index in [4.69, 9.17) is 9.47 Å². The molecule has 2 aromatic carbocycles. The molecule has 5 rings (SSSR count). The summed E-state index contributed by atoms with van der Waals surface area (Å²) in [6.07, 6.45) is 2.23. The summed E-state index contributed by atoms with van der Waals surface area (Å²) in [5.74, 6) is 1.89. The van der Waals surface area contributed by atoms with Gasteiger partial charge in [0.1, 0.15) is 24.3 Å². The second kappa shape index (κ2) is 16.1. The van der Waals surface area contributed by atoms with Gasteiger partial charge in [0, 0.05) is 6.04 Å². The SMILES string of the molecule is CC(=O)c1cc(F)cnc1OC1CCSCC1.CC1CCC(NC(=O)c2cc(C(F)(F)F)ccc2OCc2ccccc2)CC1. The summed E-state index contributed by atoms with van der Waals surface area (Å²) in [5.41, 5.74) is 0.157.